The summed E-state index contributed by atoms with van der Waals surface area (Å²) in [5.41, 5.74) is 15.8. The van der Waals surface area contributed by atoms with Gasteiger partial charge in [0.2, 0.25) is 0 Å². The smallest absolute Gasteiger partial charge is 0.404 e. The van der Waals surface area contributed by atoms with Crippen LogP contribution in [0.15, 0.2) is 61.1 Å². The third-order valence-corrected chi connectivity index (χ3v) is 5.29. The number of amides is 1. The third kappa shape index (κ3) is 5.11. The van der Waals surface area contributed by atoms with E-state index in [0.29, 0.717) is 24.2 Å². The number of para-hydroxylation sites is 1. The number of rotatable bonds is 6. The molecule has 33 heavy (non-hydrogen) atoms. The van der Waals surface area contributed by atoms with Crippen LogP contribution < -0.4 is 11.5 Å². The van der Waals surface area contributed by atoms with Gasteiger partial charge in [0.25, 0.3) is 0 Å². The summed E-state index contributed by atoms with van der Waals surface area (Å²) in [6.07, 6.45) is 7.02. The highest BCUT2D eigenvalue weighted by molar-refractivity contribution is 5.92. The predicted molar refractivity (Wildman–Crippen MR) is 130 cm³/mol. The Bertz CT molecular complexity index is 1340. The highest BCUT2D eigenvalue weighted by Gasteiger charge is 2.20. The predicted octanol–water partition coefficient (Wildman–Crippen LogP) is 4.53. The molecule has 3 heterocycles. The van der Waals surface area contributed by atoms with E-state index in [1.165, 1.54) is 6.33 Å². The number of hydrogen-bond donors (Lipinski definition) is 2. The summed E-state index contributed by atoms with van der Waals surface area (Å²) in [6, 6.07) is 12.0. The summed E-state index contributed by atoms with van der Waals surface area (Å²) in [6.45, 7) is 6.33. The van der Waals surface area contributed by atoms with Gasteiger partial charge < -0.3 is 16.2 Å². The summed E-state index contributed by atoms with van der Waals surface area (Å²) >= 11 is 0. The molecule has 1 aromatic carbocycles. The van der Waals surface area contributed by atoms with E-state index in [1.54, 1.807) is 4.52 Å². The van der Waals surface area contributed by atoms with Crippen molar-refractivity contribution in [3.8, 4) is 11.1 Å². The number of fused-ring (bicyclic) bond motifs is 2. The fourth-order valence-corrected chi connectivity index (χ4v) is 3.86. The average molecular weight is 445 g/mol. The first-order valence-corrected chi connectivity index (χ1v) is 10.8. The normalized spacial score (nSPS) is 13.1. The molecule has 0 spiro atoms. The minimum absolute atomic E-state index is 0.0248. The van der Waals surface area contributed by atoms with Crippen molar-refractivity contribution in [2.24, 2.45) is 11.1 Å². The number of benzene rings is 1. The first-order chi connectivity index (χ1) is 15.7. The van der Waals surface area contributed by atoms with Crippen LogP contribution in [0.2, 0.25) is 0 Å². The van der Waals surface area contributed by atoms with Gasteiger partial charge in [0.15, 0.2) is 5.82 Å². The van der Waals surface area contributed by atoms with E-state index in [-0.39, 0.29) is 5.41 Å². The number of anilines is 1. The summed E-state index contributed by atoms with van der Waals surface area (Å²) in [5, 5.41) is 5.44. The third-order valence-electron chi connectivity index (χ3n) is 5.29. The number of hydrogen-bond acceptors (Lipinski definition) is 6. The van der Waals surface area contributed by atoms with E-state index in [2.05, 4.69) is 48.0 Å². The molecule has 8 nitrogen and oxygen atoms in total. The molecular weight excluding hydrogens is 416 g/mol. The molecule has 0 aliphatic rings. The van der Waals surface area contributed by atoms with Gasteiger partial charge in [-0.2, -0.15) is 5.10 Å². The molecule has 0 saturated heterocycles. The number of pyridine rings is 1. The quantitative estimate of drug-likeness (QED) is 0.422. The van der Waals surface area contributed by atoms with Crippen LogP contribution in [-0.4, -0.2) is 31.8 Å². The Balaban J connectivity index is 1.75. The second-order valence-corrected chi connectivity index (χ2v) is 9.14. The minimum Gasteiger partial charge on any atom is -0.446 e. The standard InChI is InChI=1S/C25H28N6O2/c1-25(2,3)10-6-8-19(33-24(27)32)12-18-13-20(22-23(26)29-15-30-31(18)22)17-11-16-7-4-5-9-21(16)28-14-17/h4-7,9-11,13-15,19H,8,12H2,1-3H3,(H2,27,32)(H2,26,29,30). The highest BCUT2D eigenvalue weighted by Crippen LogP contribution is 2.32. The Labute approximate surface area is 192 Å². The van der Waals surface area contributed by atoms with E-state index < -0.39 is 12.2 Å². The number of nitrogen functional groups attached to an aromatic ring is 1. The minimum atomic E-state index is -0.807. The first-order valence-electron chi connectivity index (χ1n) is 10.8. The van der Waals surface area contributed by atoms with Crippen LogP contribution in [-0.2, 0) is 11.2 Å². The molecule has 4 rings (SSSR count). The zero-order chi connectivity index (χ0) is 23.6. The summed E-state index contributed by atoms with van der Waals surface area (Å²) in [5.74, 6) is 0.361. The van der Waals surface area contributed by atoms with E-state index >= 15 is 0 Å². The number of nitrogens with zero attached hydrogens (tertiary/aromatic N) is 4. The van der Waals surface area contributed by atoms with Crippen molar-refractivity contribution < 1.29 is 9.53 Å². The number of ether oxygens (including phenoxy) is 1. The Kier molecular flexibility index (Phi) is 6.00. The molecule has 0 radical (unpaired) electrons. The van der Waals surface area contributed by atoms with Crippen LogP contribution >= 0.6 is 0 Å². The maximum atomic E-state index is 11.5. The molecular formula is C25H28N6O2. The molecule has 1 atom stereocenters. The van der Waals surface area contributed by atoms with Crippen LogP contribution in [0, 0.1) is 5.41 Å². The van der Waals surface area contributed by atoms with Crippen LogP contribution in [0.3, 0.4) is 0 Å². The second-order valence-electron chi connectivity index (χ2n) is 9.14. The summed E-state index contributed by atoms with van der Waals surface area (Å²) < 4.78 is 7.16. The fourth-order valence-electron chi connectivity index (χ4n) is 3.86. The van der Waals surface area contributed by atoms with Gasteiger partial charge in [-0.25, -0.2) is 14.3 Å². The van der Waals surface area contributed by atoms with Crippen LogP contribution in [0.25, 0.3) is 27.5 Å². The molecule has 0 saturated carbocycles. The van der Waals surface area contributed by atoms with Crippen LogP contribution in [0.4, 0.5) is 10.6 Å². The largest absolute Gasteiger partial charge is 0.446 e. The number of primary amides is 1. The molecule has 1 amide bonds. The van der Waals surface area contributed by atoms with E-state index in [0.717, 1.165) is 27.7 Å². The summed E-state index contributed by atoms with van der Waals surface area (Å²) in [7, 11) is 0. The van der Waals surface area contributed by atoms with Gasteiger partial charge in [-0.1, -0.05) is 51.1 Å². The monoisotopic (exact) mass is 444 g/mol. The fraction of sp³-hybridized carbons (Fsp3) is 0.280. The van der Waals surface area contributed by atoms with Gasteiger partial charge in [-0.3, -0.25) is 4.98 Å². The molecule has 4 N–H and O–H groups in total. The molecule has 8 heteroatoms. The van der Waals surface area contributed by atoms with Crippen molar-refractivity contribution in [1.82, 2.24) is 19.6 Å². The van der Waals surface area contributed by atoms with E-state index in [4.69, 9.17) is 16.2 Å². The van der Waals surface area contributed by atoms with Crippen molar-refractivity contribution in [2.45, 2.75) is 39.7 Å². The van der Waals surface area contributed by atoms with Crippen molar-refractivity contribution in [3.63, 3.8) is 0 Å². The lowest BCUT2D eigenvalue weighted by molar-refractivity contribution is 0.107. The van der Waals surface area contributed by atoms with Gasteiger partial charge in [0, 0.05) is 41.2 Å². The number of allylic oxidation sites excluding steroid dienone is 1. The Morgan fingerprint density at radius 1 is 1.21 bits per heavy atom. The number of nitrogens with two attached hydrogens (primary N) is 2. The zero-order valence-electron chi connectivity index (χ0n) is 19.0. The molecule has 0 aliphatic carbocycles. The Hall–Kier alpha value is -3.94. The van der Waals surface area contributed by atoms with E-state index in [9.17, 15) is 4.79 Å². The van der Waals surface area contributed by atoms with Crippen molar-refractivity contribution in [1.29, 1.82) is 0 Å². The zero-order valence-corrected chi connectivity index (χ0v) is 19.0. The van der Waals surface area contributed by atoms with Gasteiger partial charge in [0.1, 0.15) is 17.9 Å². The number of aromatic nitrogens is 4. The lowest BCUT2D eigenvalue weighted by Gasteiger charge is -2.16. The maximum Gasteiger partial charge on any atom is 0.404 e. The first kappa shape index (κ1) is 22.3. The van der Waals surface area contributed by atoms with Crippen molar-refractivity contribution in [3.05, 3.63) is 66.8 Å². The second kappa shape index (κ2) is 8.90. The molecule has 0 fully saturated rings. The molecule has 170 valence electrons. The lowest BCUT2D eigenvalue weighted by Crippen LogP contribution is -2.25. The SMILES string of the molecule is CC(C)(C)C=CCC(Cc1cc(-c2cnc3ccccc3c2)c2c(N)ncnn12)OC(N)=O. The molecule has 0 aliphatic heterocycles. The van der Waals surface area contributed by atoms with Crippen molar-refractivity contribution >= 4 is 28.3 Å². The molecule has 1 unspecified atom stereocenters. The van der Waals surface area contributed by atoms with Crippen LogP contribution in [0.1, 0.15) is 32.9 Å². The number of carbonyl (C=O) groups is 1. The van der Waals surface area contributed by atoms with Gasteiger partial charge in [-0.15, -0.1) is 0 Å². The highest BCUT2D eigenvalue weighted by atomic mass is 16.6. The molecule has 4 aromatic rings. The average Bonchev–Trinajstić information content (AvgIpc) is 3.12. The topological polar surface area (TPSA) is 121 Å². The van der Waals surface area contributed by atoms with E-state index in [1.807, 2.05) is 42.6 Å². The maximum absolute atomic E-state index is 11.5. The molecule has 3 aromatic heterocycles. The Morgan fingerprint density at radius 2 is 2.00 bits per heavy atom. The van der Waals surface area contributed by atoms with Gasteiger partial charge >= 0.3 is 6.09 Å². The van der Waals surface area contributed by atoms with Gasteiger partial charge in [-0.05, 0) is 23.6 Å². The lowest BCUT2D eigenvalue weighted by atomic mass is 9.95. The Morgan fingerprint density at radius 3 is 2.76 bits per heavy atom. The summed E-state index contributed by atoms with van der Waals surface area (Å²) in [4.78, 5) is 20.3. The number of carbonyl (C=O) groups excluding carboxylic acids is 1. The van der Waals surface area contributed by atoms with Crippen LogP contribution in [0.5, 0.6) is 0 Å². The molecule has 0 bridgehead atoms. The van der Waals surface area contributed by atoms with Crippen molar-refractivity contribution in [2.75, 3.05) is 5.73 Å². The van der Waals surface area contributed by atoms with Gasteiger partial charge in [0.05, 0.1) is 5.52 Å².